The summed E-state index contributed by atoms with van der Waals surface area (Å²) in [5, 5.41) is 17.4. The quantitative estimate of drug-likeness (QED) is 0.530. The van der Waals surface area contributed by atoms with Gasteiger partial charge in [0.05, 0.1) is 12.7 Å². The SMILES string of the molecule is C/C=C/C#CC#C/C=C/C=C/[C@@H](O)CO. The zero-order valence-electron chi connectivity index (χ0n) is 8.64. The second kappa shape index (κ2) is 10.3. The van der Waals surface area contributed by atoms with Crippen molar-refractivity contribution in [2.75, 3.05) is 6.61 Å². The molecule has 0 aromatic rings. The highest BCUT2D eigenvalue weighted by Gasteiger charge is 1.90. The lowest BCUT2D eigenvalue weighted by Crippen LogP contribution is -2.06. The second-order valence-electron chi connectivity index (χ2n) is 2.53. The summed E-state index contributed by atoms with van der Waals surface area (Å²) in [7, 11) is 0. The molecule has 0 heterocycles. The van der Waals surface area contributed by atoms with Crippen LogP contribution in [0.25, 0.3) is 0 Å². The molecule has 0 saturated carbocycles. The summed E-state index contributed by atoms with van der Waals surface area (Å²) < 4.78 is 0. The van der Waals surface area contributed by atoms with E-state index in [-0.39, 0.29) is 6.61 Å². The van der Waals surface area contributed by atoms with Gasteiger partial charge in [0.25, 0.3) is 0 Å². The topological polar surface area (TPSA) is 40.5 Å². The highest BCUT2D eigenvalue weighted by atomic mass is 16.3. The zero-order valence-corrected chi connectivity index (χ0v) is 8.64. The first-order chi connectivity index (χ1) is 7.31. The van der Waals surface area contributed by atoms with Gasteiger partial charge in [0.15, 0.2) is 0 Å². The molecule has 0 radical (unpaired) electrons. The molecule has 0 aliphatic carbocycles. The van der Waals surface area contributed by atoms with Gasteiger partial charge in [-0.2, -0.15) is 0 Å². The average Bonchev–Trinajstić information content (AvgIpc) is 2.26. The summed E-state index contributed by atoms with van der Waals surface area (Å²) in [6.07, 6.45) is 9.13. The predicted octanol–water partition coefficient (Wildman–Crippen LogP) is 1.03. The molecule has 0 fully saturated rings. The van der Waals surface area contributed by atoms with Crippen LogP contribution in [0.4, 0.5) is 0 Å². The summed E-state index contributed by atoms with van der Waals surface area (Å²) in [5.74, 6) is 10.7. The van der Waals surface area contributed by atoms with Gasteiger partial charge in [0.1, 0.15) is 0 Å². The summed E-state index contributed by atoms with van der Waals surface area (Å²) >= 11 is 0. The molecular formula is C13H14O2. The molecule has 0 aromatic carbocycles. The van der Waals surface area contributed by atoms with Crippen LogP contribution in [0.5, 0.6) is 0 Å². The van der Waals surface area contributed by atoms with Crippen LogP contribution in [-0.4, -0.2) is 22.9 Å². The van der Waals surface area contributed by atoms with E-state index in [0.717, 1.165) is 0 Å². The molecule has 0 aromatic heterocycles. The van der Waals surface area contributed by atoms with E-state index in [1.165, 1.54) is 6.08 Å². The second-order valence-corrected chi connectivity index (χ2v) is 2.53. The predicted molar refractivity (Wildman–Crippen MR) is 61.7 cm³/mol. The van der Waals surface area contributed by atoms with Gasteiger partial charge in [-0.15, -0.1) is 0 Å². The van der Waals surface area contributed by atoms with Crippen molar-refractivity contribution in [1.29, 1.82) is 0 Å². The molecule has 78 valence electrons. The molecule has 0 aliphatic rings. The molecule has 0 spiro atoms. The maximum Gasteiger partial charge on any atom is 0.0954 e. The molecule has 0 bridgehead atoms. The molecule has 2 heteroatoms. The molecule has 2 nitrogen and oxygen atoms in total. The third kappa shape index (κ3) is 10.2. The molecule has 15 heavy (non-hydrogen) atoms. The van der Waals surface area contributed by atoms with Crippen LogP contribution in [0.3, 0.4) is 0 Å². The van der Waals surface area contributed by atoms with E-state index in [9.17, 15) is 0 Å². The van der Waals surface area contributed by atoms with Gasteiger partial charge in [-0.05, 0) is 30.9 Å². The van der Waals surface area contributed by atoms with E-state index in [1.807, 2.05) is 13.0 Å². The molecule has 0 aliphatic heterocycles. The largest absolute Gasteiger partial charge is 0.393 e. The first-order valence-corrected chi connectivity index (χ1v) is 4.55. The summed E-state index contributed by atoms with van der Waals surface area (Å²) in [4.78, 5) is 0. The molecular weight excluding hydrogens is 188 g/mol. The number of hydrogen-bond acceptors (Lipinski definition) is 2. The van der Waals surface area contributed by atoms with E-state index in [0.29, 0.717) is 0 Å². The average molecular weight is 202 g/mol. The minimum absolute atomic E-state index is 0.273. The number of allylic oxidation sites excluding steroid dienone is 5. The lowest BCUT2D eigenvalue weighted by molar-refractivity contribution is 0.131. The van der Waals surface area contributed by atoms with Crippen molar-refractivity contribution in [3.8, 4) is 23.7 Å². The Labute approximate surface area is 90.6 Å². The van der Waals surface area contributed by atoms with Crippen LogP contribution in [-0.2, 0) is 0 Å². The van der Waals surface area contributed by atoms with Gasteiger partial charge >= 0.3 is 0 Å². The molecule has 0 unspecified atom stereocenters. The molecule has 1 atom stereocenters. The van der Waals surface area contributed by atoms with E-state index in [1.54, 1.807) is 24.3 Å². The monoisotopic (exact) mass is 202 g/mol. The van der Waals surface area contributed by atoms with E-state index in [2.05, 4.69) is 23.7 Å². The van der Waals surface area contributed by atoms with Gasteiger partial charge in [-0.25, -0.2) is 0 Å². The number of aliphatic hydroxyl groups excluding tert-OH is 2. The Morgan fingerprint density at radius 2 is 1.80 bits per heavy atom. The van der Waals surface area contributed by atoms with Crippen molar-refractivity contribution in [1.82, 2.24) is 0 Å². The first-order valence-electron chi connectivity index (χ1n) is 4.55. The highest BCUT2D eigenvalue weighted by molar-refractivity contribution is 5.34. The van der Waals surface area contributed by atoms with Crippen molar-refractivity contribution in [3.05, 3.63) is 36.5 Å². The van der Waals surface area contributed by atoms with E-state index >= 15 is 0 Å². The van der Waals surface area contributed by atoms with E-state index in [4.69, 9.17) is 10.2 Å². The normalized spacial score (nSPS) is 12.5. The van der Waals surface area contributed by atoms with Gasteiger partial charge in [-0.3, -0.25) is 0 Å². The molecule has 0 rings (SSSR count). The van der Waals surface area contributed by atoms with Crippen LogP contribution < -0.4 is 0 Å². The van der Waals surface area contributed by atoms with Crippen LogP contribution >= 0.6 is 0 Å². The Hall–Kier alpha value is -1.74. The van der Waals surface area contributed by atoms with Crippen molar-refractivity contribution in [2.45, 2.75) is 13.0 Å². The van der Waals surface area contributed by atoms with Crippen LogP contribution in [0.15, 0.2) is 36.5 Å². The standard InChI is InChI=1S/C13H14O2/c1-2-3-4-5-6-7-8-9-10-11-13(15)12-14/h2-3,8-11,13-15H,12H2,1H3/b3-2+,9-8+,11-10+/t13-/m1/s1. The van der Waals surface area contributed by atoms with Crippen molar-refractivity contribution >= 4 is 0 Å². The minimum atomic E-state index is -0.808. The lowest BCUT2D eigenvalue weighted by Gasteiger charge is -1.95. The smallest absolute Gasteiger partial charge is 0.0954 e. The molecule has 0 saturated heterocycles. The third-order valence-corrected chi connectivity index (χ3v) is 1.27. The summed E-state index contributed by atoms with van der Waals surface area (Å²) in [6, 6.07) is 0. The lowest BCUT2D eigenvalue weighted by atomic mass is 10.3. The molecule has 2 N–H and O–H groups in total. The fraction of sp³-hybridized carbons (Fsp3) is 0.231. The van der Waals surface area contributed by atoms with E-state index < -0.39 is 6.10 Å². The van der Waals surface area contributed by atoms with Crippen molar-refractivity contribution < 1.29 is 10.2 Å². The first kappa shape index (κ1) is 13.3. The minimum Gasteiger partial charge on any atom is -0.393 e. The maximum atomic E-state index is 8.92. The Balaban J connectivity index is 3.91. The Kier molecular flexibility index (Phi) is 9.14. The number of rotatable bonds is 3. The summed E-state index contributed by atoms with van der Waals surface area (Å²) in [6.45, 7) is 1.62. The zero-order chi connectivity index (χ0) is 11.4. The molecule has 0 amide bonds. The van der Waals surface area contributed by atoms with Gasteiger partial charge in [0, 0.05) is 0 Å². The van der Waals surface area contributed by atoms with Crippen LogP contribution in [0.1, 0.15) is 6.92 Å². The fourth-order valence-corrected chi connectivity index (χ4v) is 0.596. The maximum absolute atomic E-state index is 8.92. The Morgan fingerprint density at radius 1 is 1.13 bits per heavy atom. The van der Waals surface area contributed by atoms with Crippen molar-refractivity contribution in [2.24, 2.45) is 0 Å². The number of aliphatic hydroxyl groups is 2. The summed E-state index contributed by atoms with van der Waals surface area (Å²) in [5.41, 5.74) is 0. The Morgan fingerprint density at radius 3 is 2.40 bits per heavy atom. The third-order valence-electron chi connectivity index (χ3n) is 1.27. The highest BCUT2D eigenvalue weighted by Crippen LogP contribution is 1.84. The number of hydrogen-bond donors (Lipinski definition) is 2. The van der Waals surface area contributed by atoms with Gasteiger partial charge in [0.2, 0.25) is 0 Å². The van der Waals surface area contributed by atoms with Crippen LogP contribution in [0.2, 0.25) is 0 Å². The van der Waals surface area contributed by atoms with Gasteiger partial charge in [-0.1, -0.05) is 36.1 Å². The fourth-order valence-electron chi connectivity index (χ4n) is 0.596. The van der Waals surface area contributed by atoms with Crippen molar-refractivity contribution in [3.63, 3.8) is 0 Å². The Bertz CT molecular complexity index is 353. The van der Waals surface area contributed by atoms with Crippen LogP contribution in [0, 0.1) is 23.7 Å². The van der Waals surface area contributed by atoms with Gasteiger partial charge < -0.3 is 10.2 Å².